The fraction of sp³-hybridized carbons (Fsp3) is 0.375. The molecule has 6 heteroatoms. The smallest absolute Gasteiger partial charge is 0.265 e. The minimum atomic E-state index is -3.76. The van der Waals surface area contributed by atoms with Crippen LogP contribution < -0.4 is 4.72 Å². The van der Waals surface area contributed by atoms with Crippen LogP contribution in [0.3, 0.4) is 0 Å². The van der Waals surface area contributed by atoms with Crippen LogP contribution in [0.2, 0.25) is 0 Å². The summed E-state index contributed by atoms with van der Waals surface area (Å²) in [4.78, 5) is 0.232. The van der Waals surface area contributed by atoms with E-state index >= 15 is 0 Å². The van der Waals surface area contributed by atoms with Crippen LogP contribution in [-0.4, -0.2) is 18.2 Å². The molecule has 1 heterocycles. The first-order valence-corrected chi connectivity index (χ1v) is 12.3. The van der Waals surface area contributed by atoms with Gasteiger partial charge in [0.2, 0.25) is 0 Å². The summed E-state index contributed by atoms with van der Waals surface area (Å²) in [6, 6.07) is 17.5. The normalized spacial score (nSPS) is 14.8. The molecule has 0 amide bonds. The molecular weight excluding hydrogens is 394 g/mol. The summed E-state index contributed by atoms with van der Waals surface area (Å²) in [6.07, 6.45) is 9.40. The zero-order valence-corrected chi connectivity index (χ0v) is 18.2. The Labute approximate surface area is 179 Å². The third kappa shape index (κ3) is 4.59. The summed E-state index contributed by atoms with van der Waals surface area (Å²) in [7, 11) is -3.76. The average molecular weight is 424 g/mol. The topological polar surface area (TPSA) is 64.0 Å². The molecule has 1 saturated carbocycles. The standard InChI is InChI=1S/C24H29N3O2S/c1-2-3-9-19-14-16-21(17-15-19)26-30(28,29)23-18-27(22-12-7-8-13-22)25-24(23)20-10-5-4-6-11-20/h4-6,10-11,14-18,22,26H,2-3,7-9,12-13H2,1H3. The maximum absolute atomic E-state index is 13.3. The second kappa shape index (κ2) is 9.04. The van der Waals surface area contributed by atoms with Gasteiger partial charge in [0, 0.05) is 17.4 Å². The lowest BCUT2D eigenvalue weighted by Gasteiger charge is -2.09. The SMILES string of the molecule is CCCCc1ccc(NS(=O)(=O)c2cn(C3CCCC3)nc2-c2ccccc2)cc1. The molecule has 1 N–H and O–H groups in total. The van der Waals surface area contributed by atoms with Crippen LogP contribution in [0.4, 0.5) is 5.69 Å². The molecule has 30 heavy (non-hydrogen) atoms. The Bertz CT molecular complexity index is 1070. The number of sulfonamides is 1. The van der Waals surface area contributed by atoms with E-state index in [2.05, 4.69) is 11.6 Å². The molecule has 158 valence electrons. The van der Waals surface area contributed by atoms with Crippen molar-refractivity contribution in [1.82, 2.24) is 9.78 Å². The van der Waals surface area contributed by atoms with E-state index in [-0.39, 0.29) is 10.9 Å². The monoisotopic (exact) mass is 423 g/mol. The molecule has 2 aromatic carbocycles. The highest BCUT2D eigenvalue weighted by molar-refractivity contribution is 7.92. The van der Waals surface area contributed by atoms with E-state index in [1.165, 1.54) is 5.56 Å². The summed E-state index contributed by atoms with van der Waals surface area (Å²) in [5.41, 5.74) is 3.11. The Morgan fingerprint density at radius 2 is 1.73 bits per heavy atom. The first-order chi connectivity index (χ1) is 14.6. The van der Waals surface area contributed by atoms with Gasteiger partial charge >= 0.3 is 0 Å². The van der Waals surface area contributed by atoms with Gasteiger partial charge in [0.15, 0.2) is 0 Å². The first kappa shape index (κ1) is 20.7. The highest BCUT2D eigenvalue weighted by Crippen LogP contribution is 2.33. The number of anilines is 1. The second-order valence-corrected chi connectivity index (χ2v) is 9.68. The van der Waals surface area contributed by atoms with Gasteiger partial charge in [-0.1, -0.05) is 68.7 Å². The Morgan fingerprint density at radius 3 is 2.40 bits per heavy atom. The van der Waals surface area contributed by atoms with Crippen LogP contribution >= 0.6 is 0 Å². The van der Waals surface area contributed by atoms with Gasteiger partial charge in [0.25, 0.3) is 10.0 Å². The van der Waals surface area contributed by atoms with Gasteiger partial charge < -0.3 is 0 Å². The quantitative estimate of drug-likeness (QED) is 0.497. The van der Waals surface area contributed by atoms with Crippen molar-refractivity contribution in [1.29, 1.82) is 0 Å². The van der Waals surface area contributed by atoms with Crippen LogP contribution in [0, 0.1) is 0 Å². The second-order valence-electron chi connectivity index (χ2n) is 8.03. The van der Waals surface area contributed by atoms with E-state index in [0.717, 1.165) is 50.5 Å². The number of benzene rings is 2. The molecule has 0 bridgehead atoms. The van der Waals surface area contributed by atoms with Gasteiger partial charge in [0.05, 0.1) is 6.04 Å². The Morgan fingerprint density at radius 1 is 1.03 bits per heavy atom. The highest BCUT2D eigenvalue weighted by Gasteiger charge is 2.27. The van der Waals surface area contributed by atoms with Gasteiger partial charge in [-0.3, -0.25) is 9.40 Å². The predicted octanol–water partition coefficient (Wildman–Crippen LogP) is 5.81. The molecule has 0 spiro atoms. The molecule has 0 atom stereocenters. The maximum Gasteiger partial charge on any atom is 0.265 e. The highest BCUT2D eigenvalue weighted by atomic mass is 32.2. The van der Waals surface area contributed by atoms with Gasteiger partial charge in [-0.15, -0.1) is 0 Å². The average Bonchev–Trinajstić information content (AvgIpc) is 3.44. The number of aryl methyl sites for hydroxylation is 1. The molecule has 0 unspecified atom stereocenters. The Kier molecular flexibility index (Phi) is 6.23. The zero-order chi connectivity index (χ0) is 21.0. The van der Waals surface area contributed by atoms with Gasteiger partial charge in [-0.2, -0.15) is 5.10 Å². The van der Waals surface area contributed by atoms with E-state index in [1.54, 1.807) is 6.20 Å². The minimum Gasteiger partial charge on any atom is -0.280 e. The van der Waals surface area contributed by atoms with E-state index in [0.29, 0.717) is 11.4 Å². The summed E-state index contributed by atoms with van der Waals surface area (Å²) >= 11 is 0. The molecule has 1 aliphatic rings. The zero-order valence-electron chi connectivity index (χ0n) is 17.4. The first-order valence-electron chi connectivity index (χ1n) is 10.8. The molecule has 1 fully saturated rings. The molecule has 5 nitrogen and oxygen atoms in total. The number of aromatic nitrogens is 2. The third-order valence-electron chi connectivity index (χ3n) is 5.76. The molecule has 0 saturated heterocycles. The lowest BCUT2D eigenvalue weighted by Crippen LogP contribution is -2.13. The predicted molar refractivity (Wildman–Crippen MR) is 121 cm³/mol. The Hall–Kier alpha value is -2.60. The molecule has 1 aliphatic carbocycles. The van der Waals surface area contributed by atoms with Crippen LogP contribution in [0.1, 0.15) is 57.1 Å². The van der Waals surface area contributed by atoms with Crippen molar-refractivity contribution in [3.05, 3.63) is 66.4 Å². The van der Waals surface area contributed by atoms with Crippen molar-refractivity contribution < 1.29 is 8.42 Å². The molecular formula is C24H29N3O2S. The fourth-order valence-corrected chi connectivity index (χ4v) is 5.27. The minimum absolute atomic E-state index is 0.232. The van der Waals surface area contributed by atoms with Crippen molar-refractivity contribution in [2.45, 2.75) is 62.8 Å². The van der Waals surface area contributed by atoms with Crippen LogP contribution in [0.25, 0.3) is 11.3 Å². The van der Waals surface area contributed by atoms with E-state index < -0.39 is 10.0 Å². The van der Waals surface area contributed by atoms with Crippen molar-refractivity contribution in [2.24, 2.45) is 0 Å². The molecule has 1 aromatic heterocycles. The number of hydrogen-bond donors (Lipinski definition) is 1. The number of hydrogen-bond acceptors (Lipinski definition) is 3. The van der Waals surface area contributed by atoms with Crippen LogP contribution in [-0.2, 0) is 16.4 Å². The number of nitrogens with zero attached hydrogens (tertiary/aromatic N) is 2. The molecule has 3 aromatic rings. The van der Waals surface area contributed by atoms with Crippen LogP contribution in [0.5, 0.6) is 0 Å². The third-order valence-corrected chi connectivity index (χ3v) is 7.14. The van der Waals surface area contributed by atoms with E-state index in [9.17, 15) is 8.42 Å². The van der Waals surface area contributed by atoms with Crippen molar-refractivity contribution in [3.63, 3.8) is 0 Å². The molecule has 4 rings (SSSR count). The van der Waals surface area contributed by atoms with Gasteiger partial charge in [0.1, 0.15) is 10.6 Å². The lowest BCUT2D eigenvalue weighted by atomic mass is 10.1. The number of rotatable bonds is 8. The molecule has 0 aliphatic heterocycles. The van der Waals surface area contributed by atoms with E-state index in [4.69, 9.17) is 5.10 Å². The largest absolute Gasteiger partial charge is 0.280 e. The summed E-state index contributed by atoms with van der Waals surface area (Å²) in [5, 5.41) is 4.72. The van der Waals surface area contributed by atoms with Gasteiger partial charge in [-0.05, 0) is 43.4 Å². The van der Waals surface area contributed by atoms with Gasteiger partial charge in [-0.25, -0.2) is 8.42 Å². The number of unbranched alkanes of at least 4 members (excludes halogenated alkanes) is 1. The summed E-state index contributed by atoms with van der Waals surface area (Å²) in [6.45, 7) is 2.17. The van der Waals surface area contributed by atoms with Crippen molar-refractivity contribution in [3.8, 4) is 11.3 Å². The summed E-state index contributed by atoms with van der Waals surface area (Å²) in [5.74, 6) is 0. The summed E-state index contributed by atoms with van der Waals surface area (Å²) < 4.78 is 31.2. The van der Waals surface area contributed by atoms with Crippen molar-refractivity contribution in [2.75, 3.05) is 4.72 Å². The Balaban J connectivity index is 1.65. The number of nitrogens with one attached hydrogen (secondary N) is 1. The van der Waals surface area contributed by atoms with Crippen molar-refractivity contribution >= 4 is 15.7 Å². The van der Waals surface area contributed by atoms with E-state index in [1.807, 2.05) is 59.3 Å². The lowest BCUT2D eigenvalue weighted by molar-refractivity contribution is 0.467. The fourth-order valence-electron chi connectivity index (χ4n) is 4.05. The maximum atomic E-state index is 13.3. The molecule has 0 radical (unpaired) electrons. The van der Waals surface area contributed by atoms with Crippen LogP contribution in [0.15, 0.2) is 65.7 Å².